The zero-order chi connectivity index (χ0) is 16.4. The molecule has 0 saturated carbocycles. The van der Waals surface area contributed by atoms with Gasteiger partial charge in [-0.25, -0.2) is 4.99 Å². The van der Waals surface area contributed by atoms with E-state index < -0.39 is 0 Å². The number of halogens is 1. The van der Waals surface area contributed by atoms with Crippen LogP contribution in [0.4, 0.5) is 0 Å². The summed E-state index contributed by atoms with van der Waals surface area (Å²) < 4.78 is 9.98. The molecule has 23 heavy (non-hydrogen) atoms. The number of aryl methyl sites for hydroxylation is 1. The van der Waals surface area contributed by atoms with Gasteiger partial charge < -0.3 is 20.1 Å². The van der Waals surface area contributed by atoms with Crippen molar-refractivity contribution < 1.29 is 14.3 Å². The Balaban J connectivity index is 0.00000484. The van der Waals surface area contributed by atoms with Gasteiger partial charge in [-0.05, 0) is 25.5 Å². The van der Waals surface area contributed by atoms with Crippen LogP contribution in [-0.2, 0) is 16.1 Å². The second kappa shape index (κ2) is 12.0. The molecule has 0 atom stereocenters. The molecule has 0 radical (unpaired) electrons. The molecule has 0 spiro atoms. The van der Waals surface area contributed by atoms with Crippen molar-refractivity contribution in [3.05, 3.63) is 29.3 Å². The summed E-state index contributed by atoms with van der Waals surface area (Å²) in [7, 11) is 3.03. The van der Waals surface area contributed by atoms with Crippen LogP contribution in [0.1, 0.15) is 24.5 Å². The number of rotatable bonds is 7. The molecule has 6 nitrogen and oxygen atoms in total. The van der Waals surface area contributed by atoms with E-state index in [2.05, 4.69) is 20.4 Å². The van der Waals surface area contributed by atoms with Crippen LogP contribution in [0, 0.1) is 6.92 Å². The first-order valence-corrected chi connectivity index (χ1v) is 7.33. The molecule has 1 aromatic carbocycles. The van der Waals surface area contributed by atoms with Crippen LogP contribution in [0.3, 0.4) is 0 Å². The predicted octanol–water partition coefficient (Wildman–Crippen LogP) is 2.24. The summed E-state index contributed by atoms with van der Waals surface area (Å²) in [6.07, 6.45) is 0.300. The Morgan fingerprint density at radius 1 is 1.26 bits per heavy atom. The van der Waals surface area contributed by atoms with Gasteiger partial charge in [0.2, 0.25) is 0 Å². The quantitative estimate of drug-likeness (QED) is 0.298. The maximum Gasteiger partial charge on any atom is 0.307 e. The summed E-state index contributed by atoms with van der Waals surface area (Å²) in [4.78, 5) is 15.6. The van der Waals surface area contributed by atoms with Crippen molar-refractivity contribution in [1.29, 1.82) is 0 Å². The van der Waals surface area contributed by atoms with Crippen LogP contribution in [0.25, 0.3) is 0 Å². The van der Waals surface area contributed by atoms with Crippen molar-refractivity contribution in [1.82, 2.24) is 10.6 Å². The second-order valence-corrected chi connectivity index (χ2v) is 4.76. The minimum absolute atomic E-state index is 0. The van der Waals surface area contributed by atoms with Gasteiger partial charge in [0.15, 0.2) is 5.96 Å². The Morgan fingerprint density at radius 2 is 2.00 bits per heavy atom. The number of carbonyl (C=O) groups is 1. The predicted molar refractivity (Wildman–Crippen MR) is 103 cm³/mol. The van der Waals surface area contributed by atoms with Crippen molar-refractivity contribution in [3.8, 4) is 5.75 Å². The molecule has 0 fully saturated rings. The van der Waals surface area contributed by atoms with Gasteiger partial charge >= 0.3 is 5.97 Å². The van der Waals surface area contributed by atoms with E-state index in [0.717, 1.165) is 23.4 Å². The van der Waals surface area contributed by atoms with Crippen molar-refractivity contribution in [2.75, 3.05) is 27.3 Å². The summed E-state index contributed by atoms with van der Waals surface area (Å²) >= 11 is 0. The monoisotopic (exact) mass is 435 g/mol. The highest BCUT2D eigenvalue weighted by Gasteiger charge is 2.05. The third-order valence-corrected chi connectivity index (χ3v) is 3.04. The maximum atomic E-state index is 11.1. The number of benzene rings is 1. The molecule has 7 heteroatoms. The number of nitrogens with zero attached hydrogens (tertiary/aromatic N) is 1. The van der Waals surface area contributed by atoms with Crippen LogP contribution in [0.2, 0.25) is 0 Å². The molecule has 0 amide bonds. The van der Waals surface area contributed by atoms with E-state index in [1.54, 1.807) is 7.11 Å². The van der Waals surface area contributed by atoms with E-state index in [4.69, 9.17) is 4.74 Å². The fraction of sp³-hybridized carbons (Fsp3) is 0.500. The summed E-state index contributed by atoms with van der Waals surface area (Å²) in [6.45, 7) is 5.73. The molecule has 0 aliphatic carbocycles. The van der Waals surface area contributed by atoms with Gasteiger partial charge in [-0.2, -0.15) is 0 Å². The lowest BCUT2D eigenvalue weighted by molar-refractivity contribution is -0.140. The SMILES string of the molecule is CCNC(=NCc1ccc(C)cc1OC)NCCC(=O)OC.I. The summed E-state index contributed by atoms with van der Waals surface area (Å²) in [5.74, 6) is 1.24. The molecule has 0 aliphatic heterocycles. The Kier molecular flexibility index (Phi) is 11.2. The summed E-state index contributed by atoms with van der Waals surface area (Å²) in [5.41, 5.74) is 2.16. The molecule has 0 unspecified atom stereocenters. The number of hydrogen-bond acceptors (Lipinski definition) is 4. The van der Waals surface area contributed by atoms with Gasteiger partial charge in [-0.15, -0.1) is 24.0 Å². The minimum Gasteiger partial charge on any atom is -0.496 e. The fourth-order valence-electron chi connectivity index (χ4n) is 1.87. The molecule has 0 bridgehead atoms. The van der Waals surface area contributed by atoms with E-state index in [1.807, 2.05) is 32.0 Å². The van der Waals surface area contributed by atoms with Crippen LogP contribution in [0.15, 0.2) is 23.2 Å². The van der Waals surface area contributed by atoms with Gasteiger partial charge in [-0.1, -0.05) is 12.1 Å². The van der Waals surface area contributed by atoms with Crippen molar-refractivity contribution in [2.24, 2.45) is 4.99 Å². The molecule has 1 aromatic rings. The number of esters is 1. The normalized spacial score (nSPS) is 10.5. The molecular formula is C16H26IN3O3. The number of ether oxygens (including phenoxy) is 2. The molecule has 1 rings (SSSR count). The average Bonchev–Trinajstić information content (AvgIpc) is 2.52. The van der Waals surface area contributed by atoms with E-state index in [9.17, 15) is 4.79 Å². The number of nitrogens with one attached hydrogen (secondary N) is 2. The number of aliphatic imine (C=N–C) groups is 1. The van der Waals surface area contributed by atoms with E-state index >= 15 is 0 Å². The maximum absolute atomic E-state index is 11.1. The molecule has 0 saturated heterocycles. The first-order chi connectivity index (χ1) is 10.6. The lowest BCUT2D eigenvalue weighted by atomic mass is 10.1. The fourth-order valence-corrected chi connectivity index (χ4v) is 1.87. The standard InChI is InChI=1S/C16H25N3O3.HI/c1-5-17-16(18-9-8-15(20)22-4)19-11-13-7-6-12(2)10-14(13)21-3;/h6-7,10H,5,8-9,11H2,1-4H3,(H2,17,18,19);1H. The molecule has 0 heterocycles. The van der Waals surface area contributed by atoms with Gasteiger partial charge in [-0.3, -0.25) is 4.79 Å². The van der Waals surface area contributed by atoms with Crippen LogP contribution in [0.5, 0.6) is 5.75 Å². The molecule has 130 valence electrons. The highest BCUT2D eigenvalue weighted by molar-refractivity contribution is 14.0. The van der Waals surface area contributed by atoms with Crippen LogP contribution in [-0.4, -0.2) is 39.2 Å². The Bertz CT molecular complexity index is 521. The highest BCUT2D eigenvalue weighted by atomic mass is 127. The second-order valence-electron chi connectivity index (χ2n) is 4.76. The van der Waals surface area contributed by atoms with Crippen LogP contribution < -0.4 is 15.4 Å². The van der Waals surface area contributed by atoms with E-state index in [-0.39, 0.29) is 29.9 Å². The summed E-state index contributed by atoms with van der Waals surface area (Å²) in [6, 6.07) is 6.03. The third-order valence-electron chi connectivity index (χ3n) is 3.04. The molecule has 0 aliphatic rings. The Labute approximate surface area is 155 Å². The molecule has 2 N–H and O–H groups in total. The van der Waals surface area contributed by atoms with Gasteiger partial charge in [0.1, 0.15) is 5.75 Å². The highest BCUT2D eigenvalue weighted by Crippen LogP contribution is 2.20. The lowest BCUT2D eigenvalue weighted by Crippen LogP contribution is -2.38. The summed E-state index contributed by atoms with van der Waals surface area (Å²) in [5, 5.41) is 6.24. The number of methoxy groups -OCH3 is 2. The molecule has 0 aromatic heterocycles. The Morgan fingerprint density at radius 3 is 2.61 bits per heavy atom. The first-order valence-electron chi connectivity index (χ1n) is 7.33. The molecular weight excluding hydrogens is 409 g/mol. The van der Waals surface area contributed by atoms with Crippen molar-refractivity contribution in [2.45, 2.75) is 26.8 Å². The number of guanidine groups is 1. The lowest BCUT2D eigenvalue weighted by Gasteiger charge is -2.12. The van der Waals surface area contributed by atoms with E-state index in [0.29, 0.717) is 25.5 Å². The van der Waals surface area contributed by atoms with Gasteiger partial charge in [0.05, 0.1) is 27.2 Å². The van der Waals surface area contributed by atoms with Gasteiger partial charge in [0.25, 0.3) is 0 Å². The smallest absolute Gasteiger partial charge is 0.307 e. The van der Waals surface area contributed by atoms with Crippen molar-refractivity contribution in [3.63, 3.8) is 0 Å². The third kappa shape index (κ3) is 8.06. The van der Waals surface area contributed by atoms with Crippen LogP contribution >= 0.6 is 24.0 Å². The van der Waals surface area contributed by atoms with E-state index in [1.165, 1.54) is 7.11 Å². The average molecular weight is 435 g/mol. The Hall–Kier alpha value is -1.51. The van der Waals surface area contributed by atoms with Gasteiger partial charge in [0, 0.05) is 18.7 Å². The number of carbonyl (C=O) groups excluding carboxylic acids is 1. The first kappa shape index (κ1) is 21.5. The zero-order valence-corrected chi connectivity index (χ0v) is 16.5. The largest absolute Gasteiger partial charge is 0.496 e. The topological polar surface area (TPSA) is 72.0 Å². The minimum atomic E-state index is -0.247. The van der Waals surface area contributed by atoms with Crippen molar-refractivity contribution >= 4 is 35.9 Å². The number of hydrogen-bond donors (Lipinski definition) is 2. The zero-order valence-electron chi connectivity index (χ0n) is 14.1.